The highest BCUT2D eigenvalue weighted by Crippen LogP contribution is 2.32. The number of halogens is 1. The lowest BCUT2D eigenvalue weighted by molar-refractivity contribution is 0.738. The van der Waals surface area contributed by atoms with Crippen LogP contribution in [0.25, 0.3) is 0 Å². The molecule has 102 valence electrons. The summed E-state index contributed by atoms with van der Waals surface area (Å²) in [5.41, 5.74) is 2.58. The molecular formula is C15H19BrN2S. The van der Waals surface area contributed by atoms with Gasteiger partial charge in [0.25, 0.3) is 0 Å². The Balaban J connectivity index is 2.31. The first-order valence-electron chi connectivity index (χ1n) is 6.32. The molecule has 1 aromatic carbocycles. The van der Waals surface area contributed by atoms with Gasteiger partial charge in [-0.3, -0.25) is 0 Å². The number of nitrogens with one attached hydrogen (secondary N) is 1. The number of thiophene rings is 1. The van der Waals surface area contributed by atoms with Crippen molar-refractivity contribution in [2.75, 3.05) is 19.0 Å². The van der Waals surface area contributed by atoms with Gasteiger partial charge in [-0.05, 0) is 43.1 Å². The predicted octanol–water partition coefficient (Wildman–Crippen LogP) is 4.43. The van der Waals surface area contributed by atoms with Gasteiger partial charge in [0, 0.05) is 28.6 Å². The molecule has 19 heavy (non-hydrogen) atoms. The van der Waals surface area contributed by atoms with E-state index in [4.69, 9.17) is 0 Å². The Hall–Kier alpha value is -0.840. The molecule has 1 N–H and O–H groups in total. The van der Waals surface area contributed by atoms with Crippen LogP contribution in [0.1, 0.15) is 23.4 Å². The van der Waals surface area contributed by atoms with E-state index in [1.807, 2.05) is 18.4 Å². The van der Waals surface area contributed by atoms with Crippen LogP contribution in [0, 0.1) is 0 Å². The molecule has 0 saturated carbocycles. The molecule has 1 aromatic heterocycles. The molecule has 0 spiro atoms. The summed E-state index contributed by atoms with van der Waals surface area (Å²) >= 11 is 5.38. The first-order chi connectivity index (χ1) is 9.13. The van der Waals surface area contributed by atoms with Crippen molar-refractivity contribution in [3.63, 3.8) is 0 Å². The third-order valence-corrected chi connectivity index (χ3v) is 4.87. The third kappa shape index (κ3) is 3.38. The van der Waals surface area contributed by atoms with Gasteiger partial charge in [0.1, 0.15) is 0 Å². The van der Waals surface area contributed by atoms with Crippen LogP contribution >= 0.6 is 27.3 Å². The largest absolute Gasteiger partial charge is 0.367 e. The smallest absolute Gasteiger partial charge is 0.0603 e. The van der Waals surface area contributed by atoms with Crippen LogP contribution < -0.4 is 10.2 Å². The van der Waals surface area contributed by atoms with E-state index in [1.54, 1.807) is 0 Å². The molecule has 2 nitrogen and oxygen atoms in total. The van der Waals surface area contributed by atoms with Crippen LogP contribution in [0.5, 0.6) is 0 Å². The van der Waals surface area contributed by atoms with E-state index in [1.165, 1.54) is 16.1 Å². The highest BCUT2D eigenvalue weighted by Gasteiger charge is 2.16. The second-order valence-corrected chi connectivity index (χ2v) is 6.50. The summed E-state index contributed by atoms with van der Waals surface area (Å²) in [6.45, 7) is 3.13. The molecular weight excluding hydrogens is 320 g/mol. The molecule has 4 heteroatoms. The van der Waals surface area contributed by atoms with Gasteiger partial charge < -0.3 is 10.2 Å². The summed E-state index contributed by atoms with van der Waals surface area (Å²) in [4.78, 5) is 3.72. The zero-order valence-corrected chi connectivity index (χ0v) is 13.9. The number of anilines is 1. The average Bonchev–Trinajstić information content (AvgIpc) is 2.93. The van der Waals surface area contributed by atoms with Crippen molar-refractivity contribution in [2.45, 2.75) is 19.5 Å². The van der Waals surface area contributed by atoms with Gasteiger partial charge >= 0.3 is 0 Å². The SMILES string of the molecule is CNCc1ccc(Br)cc1N(C)C(C)c1cccs1. The predicted molar refractivity (Wildman–Crippen MR) is 88.0 cm³/mol. The number of hydrogen-bond donors (Lipinski definition) is 1. The molecule has 0 aliphatic rings. The maximum absolute atomic E-state index is 3.57. The molecule has 1 unspecified atom stereocenters. The maximum atomic E-state index is 3.57. The minimum absolute atomic E-state index is 0.380. The van der Waals surface area contributed by atoms with E-state index in [2.05, 4.69) is 75.8 Å². The summed E-state index contributed by atoms with van der Waals surface area (Å²) in [6.07, 6.45) is 0. The van der Waals surface area contributed by atoms with Gasteiger partial charge in [-0.25, -0.2) is 0 Å². The van der Waals surface area contributed by atoms with Crippen LogP contribution in [0.15, 0.2) is 40.2 Å². The molecule has 1 atom stereocenters. The molecule has 0 radical (unpaired) electrons. The molecule has 0 aliphatic heterocycles. The van der Waals surface area contributed by atoms with Crippen molar-refractivity contribution in [1.82, 2.24) is 5.32 Å². The van der Waals surface area contributed by atoms with Gasteiger partial charge in [-0.1, -0.05) is 28.1 Å². The van der Waals surface area contributed by atoms with Crippen LogP contribution in [-0.2, 0) is 6.54 Å². The lowest BCUT2D eigenvalue weighted by atomic mass is 10.1. The Kier molecular flexibility index (Phi) is 5.02. The van der Waals surface area contributed by atoms with E-state index >= 15 is 0 Å². The van der Waals surface area contributed by atoms with E-state index in [9.17, 15) is 0 Å². The number of rotatable bonds is 5. The van der Waals surface area contributed by atoms with E-state index in [0.29, 0.717) is 6.04 Å². The zero-order valence-electron chi connectivity index (χ0n) is 11.5. The van der Waals surface area contributed by atoms with Crippen LogP contribution in [0.3, 0.4) is 0 Å². The van der Waals surface area contributed by atoms with Gasteiger partial charge in [-0.15, -0.1) is 11.3 Å². The van der Waals surface area contributed by atoms with E-state index in [0.717, 1.165) is 11.0 Å². The second kappa shape index (κ2) is 6.55. The molecule has 0 bridgehead atoms. The minimum Gasteiger partial charge on any atom is -0.367 e. The maximum Gasteiger partial charge on any atom is 0.0603 e. The standard InChI is InChI=1S/C15H19BrN2S/c1-11(15-5-4-8-19-15)18(3)14-9-13(16)7-6-12(14)10-17-2/h4-9,11,17H,10H2,1-3H3. The summed E-state index contributed by atoms with van der Waals surface area (Å²) < 4.78 is 1.12. The van der Waals surface area contributed by atoms with Crippen molar-refractivity contribution in [3.8, 4) is 0 Å². The Morgan fingerprint density at radius 3 is 2.79 bits per heavy atom. The van der Waals surface area contributed by atoms with Crippen molar-refractivity contribution in [3.05, 3.63) is 50.6 Å². The van der Waals surface area contributed by atoms with Crippen LogP contribution in [0.2, 0.25) is 0 Å². The Labute approximate surface area is 127 Å². The lowest BCUT2D eigenvalue weighted by Gasteiger charge is -2.28. The molecule has 1 heterocycles. The summed E-state index contributed by atoms with van der Waals surface area (Å²) in [7, 11) is 4.14. The summed E-state index contributed by atoms with van der Waals surface area (Å²) in [5, 5.41) is 5.37. The lowest BCUT2D eigenvalue weighted by Crippen LogP contribution is -2.23. The van der Waals surface area contributed by atoms with Gasteiger partial charge in [-0.2, -0.15) is 0 Å². The average molecular weight is 339 g/mol. The summed E-state index contributed by atoms with van der Waals surface area (Å²) in [5.74, 6) is 0. The Morgan fingerprint density at radius 1 is 1.37 bits per heavy atom. The number of hydrogen-bond acceptors (Lipinski definition) is 3. The summed E-state index contributed by atoms with van der Waals surface area (Å²) in [6, 6.07) is 11.1. The number of nitrogens with zero attached hydrogens (tertiary/aromatic N) is 1. The normalized spacial score (nSPS) is 12.4. The Morgan fingerprint density at radius 2 is 2.16 bits per heavy atom. The first-order valence-corrected chi connectivity index (χ1v) is 8.00. The Bertz CT molecular complexity index is 525. The van der Waals surface area contributed by atoms with Crippen molar-refractivity contribution < 1.29 is 0 Å². The van der Waals surface area contributed by atoms with E-state index in [-0.39, 0.29) is 0 Å². The zero-order chi connectivity index (χ0) is 13.8. The van der Waals surface area contributed by atoms with Crippen LogP contribution in [-0.4, -0.2) is 14.1 Å². The minimum atomic E-state index is 0.380. The van der Waals surface area contributed by atoms with Crippen molar-refractivity contribution in [1.29, 1.82) is 0 Å². The molecule has 0 fully saturated rings. The molecule has 2 aromatic rings. The fraction of sp³-hybridized carbons (Fsp3) is 0.333. The van der Waals surface area contributed by atoms with Crippen LogP contribution in [0.4, 0.5) is 5.69 Å². The van der Waals surface area contributed by atoms with Gasteiger partial charge in [0.15, 0.2) is 0 Å². The molecule has 2 rings (SSSR count). The third-order valence-electron chi connectivity index (χ3n) is 3.33. The quantitative estimate of drug-likeness (QED) is 0.867. The number of benzene rings is 1. The fourth-order valence-electron chi connectivity index (χ4n) is 2.13. The molecule has 0 aliphatic carbocycles. The molecule has 0 saturated heterocycles. The fourth-order valence-corrected chi connectivity index (χ4v) is 3.31. The molecule has 0 amide bonds. The highest BCUT2D eigenvalue weighted by atomic mass is 79.9. The van der Waals surface area contributed by atoms with Crippen molar-refractivity contribution in [2.24, 2.45) is 0 Å². The van der Waals surface area contributed by atoms with Gasteiger partial charge in [0.05, 0.1) is 6.04 Å². The van der Waals surface area contributed by atoms with Gasteiger partial charge in [0.2, 0.25) is 0 Å². The topological polar surface area (TPSA) is 15.3 Å². The highest BCUT2D eigenvalue weighted by molar-refractivity contribution is 9.10. The second-order valence-electron chi connectivity index (χ2n) is 4.61. The van der Waals surface area contributed by atoms with Crippen molar-refractivity contribution >= 4 is 33.0 Å². The van der Waals surface area contributed by atoms with E-state index < -0.39 is 0 Å². The first kappa shape index (κ1) is 14.6. The monoisotopic (exact) mass is 338 g/mol.